The number of nitrogens with two attached hydrogens (primary N) is 1. The zero-order chi connectivity index (χ0) is 14.4. The van der Waals surface area contributed by atoms with E-state index in [1.807, 2.05) is 0 Å². The van der Waals surface area contributed by atoms with Crippen molar-refractivity contribution in [3.05, 3.63) is 35.4 Å². The average Bonchev–Trinajstić information content (AvgIpc) is 2.42. The van der Waals surface area contributed by atoms with E-state index in [2.05, 4.69) is 43.0 Å². The fraction of sp³-hybridized carbons (Fsp3) is 0.667. The van der Waals surface area contributed by atoms with Crippen LogP contribution < -0.4 is 5.73 Å². The molecule has 1 saturated heterocycles. The molecule has 0 aromatic heterocycles. The number of likely N-dealkylation sites (tertiary alicyclic amines) is 1. The second-order valence-electron chi connectivity index (χ2n) is 6.38. The third-order valence-electron chi connectivity index (χ3n) is 4.54. The van der Waals surface area contributed by atoms with Crippen molar-refractivity contribution in [2.75, 3.05) is 19.6 Å². The van der Waals surface area contributed by atoms with Gasteiger partial charge in [0.1, 0.15) is 0 Å². The van der Waals surface area contributed by atoms with Crippen molar-refractivity contribution in [2.45, 2.75) is 57.9 Å². The highest BCUT2D eigenvalue weighted by molar-refractivity contribution is 5.27. The standard InChI is InChI=1S/C18H30N2/c1-15(2)16-8-10-17(11-9-16)18(14-19)20-12-6-4-3-5-7-13-20/h8-11,15,18H,3-7,12-14,19H2,1-2H3. The first-order valence-electron chi connectivity index (χ1n) is 8.26. The van der Waals surface area contributed by atoms with E-state index in [1.54, 1.807) is 0 Å². The van der Waals surface area contributed by atoms with Crippen molar-refractivity contribution < 1.29 is 0 Å². The lowest BCUT2D eigenvalue weighted by Crippen LogP contribution is -2.36. The number of hydrogen-bond donors (Lipinski definition) is 1. The minimum atomic E-state index is 0.398. The smallest absolute Gasteiger partial charge is 0.0470 e. The van der Waals surface area contributed by atoms with Crippen LogP contribution in [0.1, 0.15) is 69.0 Å². The van der Waals surface area contributed by atoms with Crippen LogP contribution in [0.2, 0.25) is 0 Å². The zero-order valence-corrected chi connectivity index (χ0v) is 13.1. The summed E-state index contributed by atoms with van der Waals surface area (Å²) in [7, 11) is 0. The molecule has 2 nitrogen and oxygen atoms in total. The van der Waals surface area contributed by atoms with Crippen molar-refractivity contribution in [2.24, 2.45) is 5.73 Å². The van der Waals surface area contributed by atoms with Gasteiger partial charge in [-0.05, 0) is 43.0 Å². The summed E-state index contributed by atoms with van der Waals surface area (Å²) in [5.74, 6) is 0.599. The summed E-state index contributed by atoms with van der Waals surface area (Å²) in [6.07, 6.45) is 6.80. The first-order valence-corrected chi connectivity index (χ1v) is 8.26. The van der Waals surface area contributed by atoms with Crippen LogP contribution in [0.3, 0.4) is 0 Å². The summed E-state index contributed by atoms with van der Waals surface area (Å²) < 4.78 is 0. The Labute approximate surface area is 124 Å². The summed E-state index contributed by atoms with van der Waals surface area (Å²) in [5.41, 5.74) is 8.88. The Kier molecular flexibility index (Phi) is 6.06. The van der Waals surface area contributed by atoms with Gasteiger partial charge in [-0.1, -0.05) is 57.4 Å². The maximum Gasteiger partial charge on any atom is 0.0470 e. The molecule has 1 unspecified atom stereocenters. The van der Waals surface area contributed by atoms with Gasteiger partial charge in [0.05, 0.1) is 0 Å². The summed E-state index contributed by atoms with van der Waals surface area (Å²) in [6, 6.07) is 9.51. The van der Waals surface area contributed by atoms with Gasteiger partial charge in [-0.15, -0.1) is 0 Å². The molecule has 1 atom stereocenters. The van der Waals surface area contributed by atoms with Crippen LogP contribution in [0.15, 0.2) is 24.3 Å². The van der Waals surface area contributed by atoms with E-state index in [4.69, 9.17) is 5.73 Å². The third kappa shape index (κ3) is 4.07. The molecule has 0 radical (unpaired) electrons. The van der Waals surface area contributed by atoms with Crippen LogP contribution >= 0.6 is 0 Å². The van der Waals surface area contributed by atoms with Crippen LogP contribution in [0, 0.1) is 0 Å². The molecule has 1 heterocycles. The predicted octanol–water partition coefficient (Wildman–Crippen LogP) is 4.08. The highest BCUT2D eigenvalue weighted by Gasteiger charge is 2.19. The highest BCUT2D eigenvalue weighted by atomic mass is 15.2. The van der Waals surface area contributed by atoms with E-state index < -0.39 is 0 Å². The van der Waals surface area contributed by atoms with Crippen molar-refractivity contribution in [3.8, 4) is 0 Å². The zero-order valence-electron chi connectivity index (χ0n) is 13.1. The fourth-order valence-electron chi connectivity index (χ4n) is 3.18. The summed E-state index contributed by atoms with van der Waals surface area (Å²) in [5, 5.41) is 0. The molecular formula is C18H30N2. The Morgan fingerprint density at radius 3 is 1.90 bits per heavy atom. The summed E-state index contributed by atoms with van der Waals surface area (Å²) in [4.78, 5) is 2.60. The molecule has 0 spiro atoms. The molecule has 112 valence electrons. The monoisotopic (exact) mass is 274 g/mol. The normalized spacial score (nSPS) is 19.6. The quantitative estimate of drug-likeness (QED) is 0.896. The van der Waals surface area contributed by atoms with E-state index in [0.717, 1.165) is 6.54 Å². The maximum absolute atomic E-state index is 6.08. The van der Waals surface area contributed by atoms with Crippen molar-refractivity contribution in [3.63, 3.8) is 0 Å². The summed E-state index contributed by atoms with van der Waals surface area (Å²) >= 11 is 0. The van der Waals surface area contributed by atoms with Crippen molar-refractivity contribution in [1.29, 1.82) is 0 Å². The Morgan fingerprint density at radius 1 is 0.900 bits per heavy atom. The lowest BCUT2D eigenvalue weighted by Gasteiger charge is -2.32. The lowest BCUT2D eigenvalue weighted by atomic mass is 9.97. The van der Waals surface area contributed by atoms with Crippen LogP contribution in [0.25, 0.3) is 0 Å². The van der Waals surface area contributed by atoms with Crippen LogP contribution in [0.5, 0.6) is 0 Å². The molecule has 1 aromatic carbocycles. The minimum absolute atomic E-state index is 0.398. The first-order chi connectivity index (χ1) is 9.72. The second-order valence-corrected chi connectivity index (χ2v) is 6.38. The number of hydrogen-bond acceptors (Lipinski definition) is 2. The Balaban J connectivity index is 2.09. The molecule has 2 N–H and O–H groups in total. The van der Waals surface area contributed by atoms with Crippen molar-refractivity contribution >= 4 is 0 Å². The van der Waals surface area contributed by atoms with E-state index >= 15 is 0 Å². The number of benzene rings is 1. The van der Waals surface area contributed by atoms with E-state index in [-0.39, 0.29) is 0 Å². The van der Waals surface area contributed by atoms with Crippen LogP contribution in [0.4, 0.5) is 0 Å². The van der Waals surface area contributed by atoms with Gasteiger partial charge in [-0.25, -0.2) is 0 Å². The molecule has 0 bridgehead atoms. The van der Waals surface area contributed by atoms with E-state index in [9.17, 15) is 0 Å². The third-order valence-corrected chi connectivity index (χ3v) is 4.54. The van der Waals surface area contributed by atoms with Gasteiger partial charge < -0.3 is 5.73 Å². The molecule has 2 rings (SSSR count). The van der Waals surface area contributed by atoms with Gasteiger partial charge in [0.15, 0.2) is 0 Å². The SMILES string of the molecule is CC(C)c1ccc(C(CN)N2CCCCCCC2)cc1. The molecule has 1 aromatic rings. The molecule has 1 fully saturated rings. The molecule has 20 heavy (non-hydrogen) atoms. The maximum atomic E-state index is 6.08. The molecule has 0 saturated carbocycles. The minimum Gasteiger partial charge on any atom is -0.329 e. The van der Waals surface area contributed by atoms with Crippen molar-refractivity contribution in [1.82, 2.24) is 4.90 Å². The Hall–Kier alpha value is -0.860. The van der Waals surface area contributed by atoms with E-state index in [0.29, 0.717) is 12.0 Å². The summed E-state index contributed by atoms with van der Waals surface area (Å²) in [6.45, 7) is 7.62. The molecule has 0 amide bonds. The Bertz CT molecular complexity index is 375. The molecule has 0 aliphatic carbocycles. The second kappa shape index (κ2) is 7.80. The average molecular weight is 274 g/mol. The number of nitrogens with zero attached hydrogens (tertiary/aromatic N) is 1. The van der Waals surface area contributed by atoms with Gasteiger partial charge in [-0.2, -0.15) is 0 Å². The van der Waals surface area contributed by atoms with Crippen LogP contribution in [-0.4, -0.2) is 24.5 Å². The Morgan fingerprint density at radius 2 is 1.40 bits per heavy atom. The largest absolute Gasteiger partial charge is 0.329 e. The van der Waals surface area contributed by atoms with Crippen LogP contribution in [-0.2, 0) is 0 Å². The predicted molar refractivity (Wildman–Crippen MR) is 87.0 cm³/mol. The highest BCUT2D eigenvalue weighted by Crippen LogP contribution is 2.25. The molecule has 1 aliphatic heterocycles. The fourth-order valence-corrected chi connectivity index (χ4v) is 3.18. The van der Waals surface area contributed by atoms with Gasteiger partial charge >= 0.3 is 0 Å². The molecule has 1 aliphatic rings. The molecule has 2 heteroatoms. The molecular weight excluding hydrogens is 244 g/mol. The van der Waals surface area contributed by atoms with Gasteiger partial charge in [-0.3, -0.25) is 4.90 Å². The van der Waals surface area contributed by atoms with Gasteiger partial charge in [0.25, 0.3) is 0 Å². The lowest BCUT2D eigenvalue weighted by molar-refractivity contribution is 0.183. The number of rotatable bonds is 4. The van der Waals surface area contributed by atoms with Gasteiger partial charge in [0, 0.05) is 12.6 Å². The van der Waals surface area contributed by atoms with E-state index in [1.165, 1.54) is 56.3 Å². The topological polar surface area (TPSA) is 29.3 Å². The first kappa shape index (κ1) is 15.5. The van der Waals surface area contributed by atoms with Gasteiger partial charge in [0.2, 0.25) is 0 Å².